The van der Waals surface area contributed by atoms with Gasteiger partial charge in [-0.05, 0) is 31.2 Å². The van der Waals surface area contributed by atoms with Crippen LogP contribution in [-0.4, -0.2) is 23.5 Å². The van der Waals surface area contributed by atoms with E-state index in [0.29, 0.717) is 23.3 Å². The van der Waals surface area contributed by atoms with Gasteiger partial charge in [0.25, 0.3) is 5.91 Å². The van der Waals surface area contributed by atoms with Crippen LogP contribution in [0.4, 0.5) is 0 Å². The lowest BCUT2D eigenvalue weighted by atomic mass is 10.1. The predicted molar refractivity (Wildman–Crippen MR) is 88.0 cm³/mol. The minimum atomic E-state index is -0.505. The Morgan fingerprint density at radius 2 is 2.05 bits per heavy atom. The summed E-state index contributed by atoms with van der Waals surface area (Å²) in [5.41, 5.74) is 7.68. The second kappa shape index (κ2) is 5.46. The number of aromatic nitrogens is 1. The van der Waals surface area contributed by atoms with Gasteiger partial charge in [-0.1, -0.05) is 22.0 Å². The fourth-order valence-electron chi connectivity index (χ4n) is 2.52. The van der Waals surface area contributed by atoms with Crippen LogP contribution >= 0.6 is 15.9 Å². The van der Waals surface area contributed by atoms with Gasteiger partial charge in [0, 0.05) is 20.8 Å². The van der Waals surface area contributed by atoms with Crippen LogP contribution in [0.3, 0.4) is 0 Å². The maximum Gasteiger partial charge on any atom is 0.338 e. The molecule has 3 aromatic rings. The van der Waals surface area contributed by atoms with Crippen molar-refractivity contribution in [1.82, 2.24) is 4.98 Å². The van der Waals surface area contributed by atoms with E-state index < -0.39 is 5.91 Å². The van der Waals surface area contributed by atoms with Crippen molar-refractivity contribution < 1.29 is 14.3 Å². The number of hydrogen-bond acceptors (Lipinski definition) is 3. The van der Waals surface area contributed by atoms with Crippen LogP contribution < -0.4 is 5.73 Å². The van der Waals surface area contributed by atoms with E-state index in [2.05, 4.69) is 20.9 Å². The second-order valence-corrected chi connectivity index (χ2v) is 5.67. The lowest BCUT2D eigenvalue weighted by molar-refractivity contribution is 0.0526. The number of halogens is 1. The molecule has 3 N–H and O–H groups in total. The third kappa shape index (κ3) is 2.25. The first-order chi connectivity index (χ1) is 10.5. The highest BCUT2D eigenvalue weighted by Gasteiger charge is 2.16. The van der Waals surface area contributed by atoms with Crippen LogP contribution in [0.2, 0.25) is 0 Å². The Bertz CT molecular complexity index is 915. The number of carbonyl (C=O) groups is 2. The molecule has 3 rings (SSSR count). The zero-order valence-corrected chi connectivity index (χ0v) is 13.4. The molecule has 0 fully saturated rings. The number of amides is 1. The van der Waals surface area contributed by atoms with E-state index in [9.17, 15) is 9.59 Å². The molecule has 112 valence electrons. The molecule has 0 aliphatic heterocycles. The van der Waals surface area contributed by atoms with Gasteiger partial charge in [0.2, 0.25) is 0 Å². The summed E-state index contributed by atoms with van der Waals surface area (Å²) in [6, 6.07) is 8.70. The van der Waals surface area contributed by atoms with Gasteiger partial charge in [0.15, 0.2) is 0 Å². The van der Waals surface area contributed by atoms with Crippen molar-refractivity contribution in [3.8, 4) is 0 Å². The van der Waals surface area contributed by atoms with E-state index in [0.717, 1.165) is 20.8 Å². The Kier molecular flexibility index (Phi) is 3.62. The van der Waals surface area contributed by atoms with Crippen molar-refractivity contribution in [2.75, 3.05) is 6.61 Å². The predicted octanol–water partition coefficient (Wildman–Crippen LogP) is 3.36. The summed E-state index contributed by atoms with van der Waals surface area (Å²) >= 11 is 3.49. The molecule has 0 bridgehead atoms. The SMILES string of the molecule is CCOC(=O)c1ccc2c(c1)[nH]c1c(C(N)=O)ccc(Br)c12. The van der Waals surface area contributed by atoms with Gasteiger partial charge in [-0.3, -0.25) is 4.79 Å². The van der Waals surface area contributed by atoms with E-state index in [-0.39, 0.29) is 5.97 Å². The summed E-state index contributed by atoms with van der Waals surface area (Å²) in [6.45, 7) is 2.08. The summed E-state index contributed by atoms with van der Waals surface area (Å²) in [6.07, 6.45) is 0. The Hall–Kier alpha value is -2.34. The molecular weight excluding hydrogens is 348 g/mol. The van der Waals surface area contributed by atoms with Crippen LogP contribution in [0, 0.1) is 0 Å². The number of H-pyrrole nitrogens is 1. The molecular formula is C16H13BrN2O3. The monoisotopic (exact) mass is 360 g/mol. The Morgan fingerprint density at radius 3 is 2.73 bits per heavy atom. The van der Waals surface area contributed by atoms with Gasteiger partial charge in [-0.15, -0.1) is 0 Å². The third-order valence-corrected chi connectivity index (χ3v) is 4.14. The Balaban J connectivity index is 2.29. The first-order valence-electron chi connectivity index (χ1n) is 6.73. The number of hydrogen-bond donors (Lipinski definition) is 2. The minimum Gasteiger partial charge on any atom is -0.462 e. The number of esters is 1. The molecule has 0 saturated carbocycles. The standard InChI is InChI=1S/C16H13BrN2O3/c1-2-22-16(21)8-3-4-9-12(7-8)19-14-10(15(18)20)5-6-11(17)13(9)14/h3-7,19H,2H2,1H3,(H2,18,20). The molecule has 0 spiro atoms. The van der Waals surface area contributed by atoms with Crippen LogP contribution in [0.25, 0.3) is 21.8 Å². The lowest BCUT2D eigenvalue weighted by Crippen LogP contribution is -2.11. The van der Waals surface area contributed by atoms with Gasteiger partial charge in [-0.2, -0.15) is 0 Å². The van der Waals surface area contributed by atoms with Crippen molar-refractivity contribution in [3.63, 3.8) is 0 Å². The molecule has 22 heavy (non-hydrogen) atoms. The molecule has 0 saturated heterocycles. The number of benzene rings is 2. The number of nitrogens with two attached hydrogens (primary N) is 1. The summed E-state index contributed by atoms with van der Waals surface area (Å²) in [5, 5.41) is 1.76. The average molecular weight is 361 g/mol. The minimum absolute atomic E-state index is 0.320. The maximum atomic E-state index is 11.8. The maximum absolute atomic E-state index is 11.8. The zero-order valence-electron chi connectivity index (χ0n) is 11.8. The fraction of sp³-hybridized carbons (Fsp3) is 0.125. The van der Waals surface area contributed by atoms with Crippen LogP contribution in [0.1, 0.15) is 27.6 Å². The molecule has 1 aromatic heterocycles. The number of primary amides is 1. The quantitative estimate of drug-likeness (QED) is 0.702. The first-order valence-corrected chi connectivity index (χ1v) is 7.53. The van der Waals surface area contributed by atoms with Crippen molar-refractivity contribution in [1.29, 1.82) is 0 Å². The van der Waals surface area contributed by atoms with Gasteiger partial charge in [0.1, 0.15) is 0 Å². The van der Waals surface area contributed by atoms with E-state index in [1.54, 1.807) is 31.2 Å². The highest BCUT2D eigenvalue weighted by Crippen LogP contribution is 2.34. The Labute approximate surface area is 134 Å². The molecule has 1 amide bonds. The number of rotatable bonds is 3. The normalized spacial score (nSPS) is 11.0. The van der Waals surface area contributed by atoms with Crippen LogP contribution in [0.5, 0.6) is 0 Å². The van der Waals surface area contributed by atoms with Crippen LogP contribution in [-0.2, 0) is 4.74 Å². The highest BCUT2D eigenvalue weighted by atomic mass is 79.9. The first kappa shape index (κ1) is 14.6. The number of carbonyl (C=O) groups excluding carboxylic acids is 2. The van der Waals surface area contributed by atoms with E-state index >= 15 is 0 Å². The summed E-state index contributed by atoms with van der Waals surface area (Å²) < 4.78 is 5.85. The third-order valence-electron chi connectivity index (χ3n) is 3.48. The number of nitrogens with one attached hydrogen (secondary N) is 1. The molecule has 5 nitrogen and oxygen atoms in total. The largest absolute Gasteiger partial charge is 0.462 e. The highest BCUT2D eigenvalue weighted by molar-refractivity contribution is 9.10. The summed E-state index contributed by atoms with van der Waals surface area (Å²) in [4.78, 5) is 26.6. The fourth-order valence-corrected chi connectivity index (χ4v) is 3.06. The molecule has 0 atom stereocenters. The zero-order chi connectivity index (χ0) is 15.9. The van der Waals surface area contributed by atoms with Gasteiger partial charge < -0.3 is 15.5 Å². The van der Waals surface area contributed by atoms with Crippen molar-refractivity contribution in [3.05, 3.63) is 45.9 Å². The van der Waals surface area contributed by atoms with E-state index in [1.807, 2.05) is 6.07 Å². The second-order valence-electron chi connectivity index (χ2n) is 4.82. The lowest BCUT2D eigenvalue weighted by Gasteiger charge is -2.02. The van der Waals surface area contributed by atoms with E-state index in [1.165, 1.54) is 0 Å². The number of ether oxygens (including phenoxy) is 1. The van der Waals surface area contributed by atoms with Gasteiger partial charge >= 0.3 is 5.97 Å². The molecule has 0 radical (unpaired) electrons. The topological polar surface area (TPSA) is 85.2 Å². The molecule has 2 aromatic carbocycles. The molecule has 0 unspecified atom stereocenters. The average Bonchev–Trinajstić information content (AvgIpc) is 2.86. The molecule has 0 aliphatic carbocycles. The van der Waals surface area contributed by atoms with Gasteiger partial charge in [0.05, 0.1) is 23.3 Å². The number of aromatic amines is 1. The van der Waals surface area contributed by atoms with Crippen LogP contribution in [0.15, 0.2) is 34.8 Å². The van der Waals surface area contributed by atoms with Gasteiger partial charge in [-0.25, -0.2) is 4.79 Å². The molecule has 1 heterocycles. The van der Waals surface area contributed by atoms with Crippen molar-refractivity contribution >= 4 is 49.6 Å². The van der Waals surface area contributed by atoms with Crippen molar-refractivity contribution in [2.24, 2.45) is 5.73 Å². The van der Waals surface area contributed by atoms with Crippen molar-refractivity contribution in [2.45, 2.75) is 6.92 Å². The summed E-state index contributed by atoms with van der Waals surface area (Å²) in [5.74, 6) is -0.882. The molecule has 0 aliphatic rings. The Morgan fingerprint density at radius 1 is 1.27 bits per heavy atom. The molecule has 6 heteroatoms. The smallest absolute Gasteiger partial charge is 0.338 e. The number of fused-ring (bicyclic) bond motifs is 3. The van der Waals surface area contributed by atoms with E-state index in [4.69, 9.17) is 10.5 Å². The summed E-state index contributed by atoms with van der Waals surface area (Å²) in [7, 11) is 0.